The molecule has 3 N–H and O–H groups in total. The Balaban J connectivity index is 0.861. The van der Waals surface area contributed by atoms with Crippen molar-refractivity contribution in [3.8, 4) is 28.1 Å². The second kappa shape index (κ2) is 19.0. The number of aromatic amines is 1. The van der Waals surface area contributed by atoms with E-state index in [4.69, 9.17) is 19.2 Å². The first-order valence-electron chi connectivity index (χ1n) is 21.1. The topological polar surface area (TPSA) is 162 Å². The number of morpholine rings is 2. The van der Waals surface area contributed by atoms with Gasteiger partial charge in [0.15, 0.2) is 0 Å². The Labute approximate surface area is 350 Å². The first-order valence-corrected chi connectivity index (χ1v) is 21.1. The minimum absolute atomic E-state index is 0.0628. The first-order chi connectivity index (χ1) is 29.3. The van der Waals surface area contributed by atoms with Gasteiger partial charge in [-0.25, -0.2) is 14.6 Å². The van der Waals surface area contributed by atoms with Gasteiger partial charge in [0, 0.05) is 39.3 Å². The number of benzene rings is 3. The van der Waals surface area contributed by atoms with Crippen molar-refractivity contribution in [2.75, 3.05) is 72.3 Å². The summed E-state index contributed by atoms with van der Waals surface area (Å²) in [7, 11) is 0. The predicted octanol–water partition coefficient (Wildman–Crippen LogP) is 4.99. The first kappa shape index (κ1) is 40.8. The molecular formula is C45H54N8O7. The molecule has 4 aliphatic rings. The summed E-state index contributed by atoms with van der Waals surface area (Å²) in [6.45, 7) is 7.31. The van der Waals surface area contributed by atoms with E-state index in [-0.39, 0.29) is 36.0 Å². The molecule has 4 atom stereocenters. The molecule has 0 bridgehead atoms. The van der Waals surface area contributed by atoms with Crippen LogP contribution in [0.5, 0.6) is 5.75 Å². The van der Waals surface area contributed by atoms with Crippen molar-refractivity contribution in [1.82, 2.24) is 40.2 Å². The maximum absolute atomic E-state index is 14.2. The molecule has 5 heterocycles. The van der Waals surface area contributed by atoms with E-state index in [1.54, 1.807) is 16.7 Å². The molecule has 8 rings (SSSR count). The molecule has 4 saturated heterocycles. The summed E-state index contributed by atoms with van der Waals surface area (Å²) in [5, 5.41) is 5.88. The average molecular weight is 819 g/mol. The fraction of sp³-hybridized carbons (Fsp3) is 0.444. The van der Waals surface area contributed by atoms with Crippen LogP contribution in [0.4, 0.5) is 9.59 Å². The van der Waals surface area contributed by atoms with Gasteiger partial charge in [-0.05, 0) is 67.0 Å². The van der Waals surface area contributed by atoms with Crippen LogP contribution in [0.3, 0.4) is 0 Å². The summed E-state index contributed by atoms with van der Waals surface area (Å²) in [5.74, 6) is 1.19. The Morgan fingerprint density at radius 2 is 1.30 bits per heavy atom. The third-order valence-electron chi connectivity index (χ3n) is 11.9. The number of hydrogen-bond donors (Lipinski definition) is 3. The van der Waals surface area contributed by atoms with Gasteiger partial charge in [0.1, 0.15) is 30.3 Å². The molecule has 15 nitrogen and oxygen atoms in total. The Morgan fingerprint density at radius 3 is 1.97 bits per heavy atom. The van der Waals surface area contributed by atoms with Crippen LogP contribution < -0.4 is 15.4 Å². The van der Waals surface area contributed by atoms with E-state index in [1.807, 2.05) is 70.6 Å². The Bertz CT molecular complexity index is 2080. The maximum atomic E-state index is 14.2. The third kappa shape index (κ3) is 9.42. The summed E-state index contributed by atoms with van der Waals surface area (Å²) in [6.07, 6.45) is 5.15. The van der Waals surface area contributed by atoms with Crippen molar-refractivity contribution in [1.29, 1.82) is 0 Å². The fourth-order valence-electron chi connectivity index (χ4n) is 8.48. The van der Waals surface area contributed by atoms with E-state index in [0.717, 1.165) is 65.2 Å². The molecule has 4 fully saturated rings. The molecule has 60 heavy (non-hydrogen) atoms. The van der Waals surface area contributed by atoms with Crippen LogP contribution >= 0.6 is 0 Å². The van der Waals surface area contributed by atoms with Gasteiger partial charge >= 0.3 is 12.1 Å². The predicted molar refractivity (Wildman–Crippen MR) is 224 cm³/mol. The Morgan fingerprint density at radius 1 is 0.717 bits per heavy atom. The van der Waals surface area contributed by atoms with Gasteiger partial charge < -0.3 is 49.4 Å². The number of urea groups is 2. The number of hydrogen-bond acceptors (Lipinski definition) is 8. The number of ether oxygens (including phenoxy) is 3. The minimum atomic E-state index is -0.824. The van der Waals surface area contributed by atoms with E-state index in [1.165, 1.54) is 0 Å². The molecule has 0 unspecified atom stereocenters. The smallest absolute Gasteiger partial charge is 0.318 e. The van der Waals surface area contributed by atoms with Gasteiger partial charge in [0.05, 0.1) is 50.4 Å². The summed E-state index contributed by atoms with van der Waals surface area (Å²) in [6, 6.07) is 23.3. The molecule has 6 amide bonds. The van der Waals surface area contributed by atoms with Gasteiger partial charge in [-0.2, -0.15) is 0 Å². The number of carbonyl (C=O) groups is 4. The molecule has 4 aromatic rings. The molecule has 15 heteroatoms. The van der Waals surface area contributed by atoms with Crippen LogP contribution in [0.1, 0.15) is 56.1 Å². The van der Waals surface area contributed by atoms with Gasteiger partial charge in [0.25, 0.3) is 0 Å². The van der Waals surface area contributed by atoms with Crippen molar-refractivity contribution in [2.45, 2.75) is 56.8 Å². The number of aromatic nitrogens is 2. The van der Waals surface area contributed by atoms with E-state index >= 15 is 0 Å². The quantitative estimate of drug-likeness (QED) is 0.191. The van der Waals surface area contributed by atoms with Crippen LogP contribution in [0.2, 0.25) is 0 Å². The summed E-state index contributed by atoms with van der Waals surface area (Å²) in [5.41, 5.74) is 4.65. The zero-order valence-electron chi connectivity index (χ0n) is 34.1. The second-order valence-electron chi connectivity index (χ2n) is 15.8. The molecule has 4 aliphatic heterocycles. The van der Waals surface area contributed by atoms with E-state index in [2.05, 4.69) is 39.9 Å². The van der Waals surface area contributed by atoms with Crippen LogP contribution in [-0.2, 0) is 19.1 Å². The van der Waals surface area contributed by atoms with Gasteiger partial charge in [-0.3, -0.25) is 9.59 Å². The van der Waals surface area contributed by atoms with Crippen LogP contribution in [0.25, 0.3) is 22.4 Å². The minimum Gasteiger partial charge on any atom is -0.491 e. The van der Waals surface area contributed by atoms with Crippen molar-refractivity contribution in [3.05, 3.63) is 96.4 Å². The largest absolute Gasteiger partial charge is 0.491 e. The van der Waals surface area contributed by atoms with Crippen LogP contribution in [-0.4, -0.2) is 138 Å². The van der Waals surface area contributed by atoms with E-state index < -0.39 is 12.1 Å². The molecule has 1 aromatic heterocycles. The van der Waals surface area contributed by atoms with Crippen LogP contribution in [0.15, 0.2) is 85.1 Å². The number of amides is 6. The monoisotopic (exact) mass is 818 g/mol. The van der Waals surface area contributed by atoms with Crippen LogP contribution in [0, 0.1) is 0 Å². The van der Waals surface area contributed by atoms with Gasteiger partial charge in [-0.15, -0.1) is 0 Å². The normalized spacial score (nSPS) is 20.4. The lowest BCUT2D eigenvalue weighted by atomic mass is 10.0. The highest BCUT2D eigenvalue weighted by Gasteiger charge is 2.38. The van der Waals surface area contributed by atoms with E-state index in [0.29, 0.717) is 72.3 Å². The highest BCUT2D eigenvalue weighted by Crippen LogP contribution is 2.35. The number of likely N-dealkylation sites (tertiary alicyclic amines) is 2. The molecule has 3 aromatic carbocycles. The number of rotatable bonds is 11. The fourth-order valence-corrected chi connectivity index (χ4v) is 8.48. The van der Waals surface area contributed by atoms with Crippen molar-refractivity contribution in [2.24, 2.45) is 0 Å². The molecule has 0 radical (unpaired) electrons. The van der Waals surface area contributed by atoms with E-state index in [9.17, 15) is 19.2 Å². The number of nitrogens with zero attached hydrogens (tertiary/aromatic N) is 5. The third-order valence-corrected chi connectivity index (χ3v) is 11.9. The molecule has 0 spiro atoms. The number of nitrogens with one attached hydrogen (secondary N) is 3. The summed E-state index contributed by atoms with van der Waals surface area (Å²) < 4.78 is 16.9. The van der Waals surface area contributed by atoms with Crippen molar-refractivity contribution < 1.29 is 33.4 Å². The van der Waals surface area contributed by atoms with Gasteiger partial charge in [-0.1, -0.05) is 66.7 Å². The van der Waals surface area contributed by atoms with Crippen molar-refractivity contribution in [3.63, 3.8) is 0 Å². The van der Waals surface area contributed by atoms with Crippen molar-refractivity contribution >= 4 is 23.9 Å². The number of H-pyrrole nitrogens is 1. The average Bonchev–Trinajstić information content (AvgIpc) is 4.10. The highest BCUT2D eigenvalue weighted by atomic mass is 16.5. The number of carbonyl (C=O) groups excluding carboxylic acids is 4. The molecular weight excluding hydrogens is 765 g/mol. The van der Waals surface area contributed by atoms with Gasteiger partial charge in [0.2, 0.25) is 11.8 Å². The maximum Gasteiger partial charge on any atom is 0.318 e. The summed E-state index contributed by atoms with van der Waals surface area (Å²) in [4.78, 5) is 68.8. The molecule has 0 aliphatic carbocycles. The Kier molecular flexibility index (Phi) is 12.9. The highest BCUT2D eigenvalue weighted by molar-refractivity contribution is 5.89. The second-order valence-corrected chi connectivity index (χ2v) is 15.8. The SMILES string of the molecule is C[C@@H](NC(=O)N1CCOCC1)C(=O)N1CCC[C@H]1COc1ccc(-c2ccc(-c3cnc([C@@H]4CCCN4C(=O)[C@H](NC(=O)N4CCOCC4)c4ccccc4)[nH]3)cc2)cc1. The lowest BCUT2D eigenvalue weighted by molar-refractivity contribution is -0.135. The molecule has 316 valence electrons. The standard InChI is InChI=1S/C45H54N8O7/c1-31(47-44(56)50-21-25-58-26-22-50)42(54)52-19-5-9-36(52)30-60-37-17-15-33(16-18-37)32-11-13-34(14-12-32)38-29-46-41(48-38)39-10-6-20-53(39)43(55)40(35-7-3-2-4-8-35)49-45(57)51-23-27-59-28-24-51/h2-4,7-8,11-18,29,31,36,39-40H,5-6,9-10,19-28,30H2,1H3,(H,46,48)(H,47,56)(H,49,57)/t31-,36+,39+,40-/m1/s1. The number of imidazole rings is 1. The summed E-state index contributed by atoms with van der Waals surface area (Å²) >= 11 is 0. The Hall–Kier alpha value is -5.93. The lowest BCUT2D eigenvalue weighted by Gasteiger charge is -2.32. The zero-order chi connectivity index (χ0) is 41.4. The lowest BCUT2D eigenvalue weighted by Crippen LogP contribution is -2.54. The molecule has 0 saturated carbocycles. The zero-order valence-corrected chi connectivity index (χ0v) is 34.1.